The molecular formula is C20H33N3O3. The molecule has 1 fully saturated rings. The molecule has 0 radical (unpaired) electrons. The third-order valence-electron chi connectivity index (χ3n) is 4.76. The van der Waals surface area contributed by atoms with Gasteiger partial charge in [-0.25, -0.2) is 4.79 Å². The van der Waals surface area contributed by atoms with Crippen LogP contribution in [-0.2, 0) is 6.54 Å². The third-order valence-corrected chi connectivity index (χ3v) is 4.76. The lowest BCUT2D eigenvalue weighted by Gasteiger charge is -2.31. The first kappa shape index (κ1) is 20.4. The van der Waals surface area contributed by atoms with E-state index in [0.29, 0.717) is 24.7 Å². The van der Waals surface area contributed by atoms with Crippen LogP contribution in [-0.4, -0.2) is 61.3 Å². The van der Waals surface area contributed by atoms with Crippen LogP contribution in [0.3, 0.4) is 0 Å². The van der Waals surface area contributed by atoms with Crippen LogP contribution in [0.5, 0.6) is 11.5 Å². The summed E-state index contributed by atoms with van der Waals surface area (Å²) < 4.78 is 10.9. The molecule has 0 unspecified atom stereocenters. The summed E-state index contributed by atoms with van der Waals surface area (Å²) in [5.74, 6) is 1.41. The lowest BCUT2D eigenvalue weighted by molar-refractivity contribution is 0.168. The fourth-order valence-electron chi connectivity index (χ4n) is 3.21. The lowest BCUT2D eigenvalue weighted by Crippen LogP contribution is -2.46. The van der Waals surface area contributed by atoms with Gasteiger partial charge >= 0.3 is 6.03 Å². The zero-order valence-electron chi connectivity index (χ0n) is 17.0. The van der Waals surface area contributed by atoms with E-state index in [-0.39, 0.29) is 17.6 Å². The molecule has 0 saturated carbocycles. The first-order valence-corrected chi connectivity index (χ1v) is 9.31. The lowest BCUT2D eigenvalue weighted by atomic mass is 10.1. The summed E-state index contributed by atoms with van der Waals surface area (Å²) in [6.45, 7) is 11.6. The maximum atomic E-state index is 12.5. The highest BCUT2D eigenvalue weighted by atomic mass is 16.5. The van der Waals surface area contributed by atoms with Gasteiger partial charge in [-0.15, -0.1) is 0 Å². The summed E-state index contributed by atoms with van der Waals surface area (Å²) in [7, 11) is 3.44. The zero-order valence-corrected chi connectivity index (χ0v) is 17.0. The van der Waals surface area contributed by atoms with Gasteiger partial charge in [-0.3, -0.25) is 4.90 Å². The Balaban J connectivity index is 1.92. The third kappa shape index (κ3) is 5.27. The normalized spacial score (nSPS) is 17.8. The van der Waals surface area contributed by atoms with Crippen LogP contribution in [0.4, 0.5) is 4.79 Å². The molecule has 6 heteroatoms. The highest BCUT2D eigenvalue weighted by Crippen LogP contribution is 2.28. The number of benzene rings is 1. The molecule has 1 atom stereocenters. The molecule has 6 nitrogen and oxygen atoms in total. The van der Waals surface area contributed by atoms with E-state index in [0.717, 1.165) is 25.1 Å². The number of nitrogens with one attached hydrogen (secondary N) is 1. The molecule has 1 heterocycles. The van der Waals surface area contributed by atoms with Crippen molar-refractivity contribution in [3.63, 3.8) is 0 Å². The van der Waals surface area contributed by atoms with Crippen molar-refractivity contribution in [1.29, 1.82) is 0 Å². The van der Waals surface area contributed by atoms with Gasteiger partial charge in [-0.2, -0.15) is 0 Å². The molecule has 0 aliphatic carbocycles. The van der Waals surface area contributed by atoms with Crippen molar-refractivity contribution in [2.45, 2.75) is 52.2 Å². The highest BCUT2D eigenvalue weighted by molar-refractivity contribution is 5.74. The molecule has 146 valence electrons. The molecule has 0 aromatic heterocycles. The van der Waals surface area contributed by atoms with Crippen molar-refractivity contribution in [3.05, 3.63) is 23.8 Å². The Labute approximate surface area is 157 Å². The van der Waals surface area contributed by atoms with Gasteiger partial charge in [0, 0.05) is 38.3 Å². The first-order chi connectivity index (χ1) is 12.2. The molecule has 1 N–H and O–H groups in total. The SMILES string of the molecule is CCOc1cc(CN(C)C(=O)N[C@H]2CCN(C(C)(C)C)C2)ccc1OC. The fourth-order valence-corrected chi connectivity index (χ4v) is 3.21. The van der Waals surface area contributed by atoms with Crippen molar-refractivity contribution in [2.75, 3.05) is 33.9 Å². The second kappa shape index (κ2) is 8.62. The molecule has 26 heavy (non-hydrogen) atoms. The summed E-state index contributed by atoms with van der Waals surface area (Å²) in [4.78, 5) is 16.7. The number of urea groups is 1. The van der Waals surface area contributed by atoms with Crippen molar-refractivity contribution in [3.8, 4) is 11.5 Å². The quantitative estimate of drug-likeness (QED) is 0.844. The van der Waals surface area contributed by atoms with Crippen LogP contribution < -0.4 is 14.8 Å². The van der Waals surface area contributed by atoms with Crippen LogP contribution >= 0.6 is 0 Å². The van der Waals surface area contributed by atoms with E-state index in [1.54, 1.807) is 12.0 Å². The van der Waals surface area contributed by atoms with Crippen LogP contribution in [0.1, 0.15) is 39.7 Å². The van der Waals surface area contributed by atoms with E-state index in [4.69, 9.17) is 9.47 Å². The van der Waals surface area contributed by atoms with Crippen LogP contribution in [0.15, 0.2) is 18.2 Å². The molecule has 2 amide bonds. The largest absolute Gasteiger partial charge is 0.493 e. The van der Waals surface area contributed by atoms with E-state index in [2.05, 4.69) is 31.0 Å². The summed E-state index contributed by atoms with van der Waals surface area (Å²) in [5.41, 5.74) is 1.15. The van der Waals surface area contributed by atoms with Gasteiger partial charge in [0.15, 0.2) is 11.5 Å². The molecule has 1 aliphatic heterocycles. The van der Waals surface area contributed by atoms with Crippen molar-refractivity contribution < 1.29 is 14.3 Å². The molecule has 0 spiro atoms. The minimum atomic E-state index is -0.0421. The topological polar surface area (TPSA) is 54.0 Å². The van der Waals surface area contributed by atoms with Gasteiger partial charge in [-0.05, 0) is 51.8 Å². The second-order valence-corrected chi connectivity index (χ2v) is 7.83. The molecule has 1 aromatic rings. The summed E-state index contributed by atoms with van der Waals surface area (Å²) in [6.07, 6.45) is 0.994. The van der Waals surface area contributed by atoms with E-state index in [1.807, 2.05) is 32.2 Å². The van der Waals surface area contributed by atoms with Gasteiger partial charge in [0.1, 0.15) is 0 Å². The number of ether oxygens (including phenoxy) is 2. The highest BCUT2D eigenvalue weighted by Gasteiger charge is 2.31. The summed E-state index contributed by atoms with van der Waals surface area (Å²) >= 11 is 0. The van der Waals surface area contributed by atoms with E-state index < -0.39 is 0 Å². The van der Waals surface area contributed by atoms with Gasteiger partial charge < -0.3 is 19.7 Å². The van der Waals surface area contributed by atoms with E-state index in [1.165, 1.54) is 0 Å². The number of likely N-dealkylation sites (tertiary alicyclic amines) is 1. The molecule has 0 bridgehead atoms. The molecule has 1 saturated heterocycles. The van der Waals surface area contributed by atoms with Crippen LogP contribution in [0, 0.1) is 0 Å². The average Bonchev–Trinajstić information content (AvgIpc) is 3.04. The Hall–Kier alpha value is -1.95. The minimum Gasteiger partial charge on any atom is -0.493 e. The van der Waals surface area contributed by atoms with E-state index >= 15 is 0 Å². The minimum absolute atomic E-state index is 0.0421. The van der Waals surface area contributed by atoms with Crippen molar-refractivity contribution >= 4 is 6.03 Å². The molecule has 1 aromatic carbocycles. The van der Waals surface area contributed by atoms with Gasteiger partial charge in [0.05, 0.1) is 13.7 Å². The van der Waals surface area contributed by atoms with Crippen LogP contribution in [0.25, 0.3) is 0 Å². The number of hydrogen-bond donors (Lipinski definition) is 1. The Kier molecular flexibility index (Phi) is 6.75. The van der Waals surface area contributed by atoms with Crippen molar-refractivity contribution in [2.24, 2.45) is 0 Å². The molecule has 1 aliphatic rings. The number of nitrogens with zero attached hydrogens (tertiary/aromatic N) is 2. The second-order valence-electron chi connectivity index (χ2n) is 7.83. The fraction of sp³-hybridized carbons (Fsp3) is 0.650. The predicted molar refractivity (Wildman–Crippen MR) is 104 cm³/mol. The number of rotatable bonds is 6. The van der Waals surface area contributed by atoms with Gasteiger partial charge in [0.2, 0.25) is 0 Å². The van der Waals surface area contributed by atoms with Gasteiger partial charge in [-0.1, -0.05) is 6.07 Å². The first-order valence-electron chi connectivity index (χ1n) is 9.31. The molecule has 2 rings (SSSR count). The Morgan fingerprint density at radius 2 is 2.08 bits per heavy atom. The number of amides is 2. The predicted octanol–water partition coefficient (Wildman–Crippen LogP) is 3.11. The Morgan fingerprint density at radius 1 is 1.35 bits per heavy atom. The Morgan fingerprint density at radius 3 is 2.65 bits per heavy atom. The smallest absolute Gasteiger partial charge is 0.317 e. The number of hydrogen-bond acceptors (Lipinski definition) is 4. The van der Waals surface area contributed by atoms with E-state index in [9.17, 15) is 4.79 Å². The average molecular weight is 364 g/mol. The number of methoxy groups -OCH3 is 1. The van der Waals surface area contributed by atoms with Crippen molar-refractivity contribution in [1.82, 2.24) is 15.1 Å². The summed E-state index contributed by atoms with van der Waals surface area (Å²) in [6, 6.07) is 5.94. The van der Waals surface area contributed by atoms with Gasteiger partial charge in [0.25, 0.3) is 0 Å². The Bertz CT molecular complexity index is 613. The maximum absolute atomic E-state index is 12.5. The zero-order chi connectivity index (χ0) is 19.3. The molecular weight excluding hydrogens is 330 g/mol. The maximum Gasteiger partial charge on any atom is 0.317 e. The number of carbonyl (C=O) groups excluding carboxylic acids is 1. The standard InChI is InChI=1S/C20H33N3O3/c1-7-26-18-12-15(8-9-17(18)25-6)13-22(5)19(24)21-16-10-11-23(14-16)20(2,3)4/h8-9,12,16H,7,10-11,13-14H2,1-6H3,(H,21,24)/t16-/m0/s1. The summed E-state index contributed by atoms with van der Waals surface area (Å²) in [5, 5.41) is 3.15. The monoisotopic (exact) mass is 363 g/mol. The number of carbonyl (C=O) groups is 1. The van der Waals surface area contributed by atoms with Crippen LogP contribution in [0.2, 0.25) is 0 Å².